The van der Waals surface area contributed by atoms with E-state index in [9.17, 15) is 0 Å². The Bertz CT molecular complexity index is 177. The van der Waals surface area contributed by atoms with E-state index in [1.165, 1.54) is 38.5 Å². The van der Waals surface area contributed by atoms with Crippen molar-refractivity contribution < 1.29 is 4.74 Å². The number of hydrogen-bond acceptors (Lipinski definition) is 3. The second-order valence-electron chi connectivity index (χ2n) is 4.08. The lowest BCUT2D eigenvalue weighted by Crippen LogP contribution is -1.97. The SMILES string of the molecule is CCCCCCOCCCCCCN=C=N. The van der Waals surface area contributed by atoms with E-state index in [4.69, 9.17) is 10.1 Å². The van der Waals surface area contributed by atoms with Crippen LogP contribution in [-0.4, -0.2) is 25.8 Å². The summed E-state index contributed by atoms with van der Waals surface area (Å²) in [6.07, 6.45) is 9.76. The maximum absolute atomic E-state index is 6.61. The van der Waals surface area contributed by atoms with Crippen LogP contribution in [0.25, 0.3) is 0 Å². The van der Waals surface area contributed by atoms with E-state index in [0.29, 0.717) is 0 Å². The predicted molar refractivity (Wildman–Crippen MR) is 68.5 cm³/mol. The van der Waals surface area contributed by atoms with Gasteiger partial charge in [-0.3, -0.25) is 0 Å². The topological polar surface area (TPSA) is 45.4 Å². The van der Waals surface area contributed by atoms with Gasteiger partial charge in [0.1, 0.15) is 0 Å². The molecule has 3 nitrogen and oxygen atoms in total. The standard InChI is InChI=1S/C13H26N2O/c1-2-3-4-8-11-16-12-9-6-5-7-10-15-13-14/h14H,2-12H2,1H3. The minimum absolute atomic E-state index is 0.751. The largest absolute Gasteiger partial charge is 0.381 e. The van der Waals surface area contributed by atoms with Gasteiger partial charge in [0.15, 0.2) is 0 Å². The average molecular weight is 226 g/mol. The molecule has 0 aliphatic rings. The Balaban J connectivity index is 2.90. The predicted octanol–water partition coefficient (Wildman–Crippen LogP) is 3.90. The van der Waals surface area contributed by atoms with Gasteiger partial charge in [0.25, 0.3) is 0 Å². The van der Waals surface area contributed by atoms with Gasteiger partial charge >= 0.3 is 0 Å². The molecule has 1 N–H and O–H groups in total. The zero-order valence-electron chi connectivity index (χ0n) is 10.6. The molecule has 0 aliphatic heterocycles. The molecule has 16 heavy (non-hydrogen) atoms. The highest BCUT2D eigenvalue weighted by atomic mass is 16.5. The van der Waals surface area contributed by atoms with Gasteiger partial charge in [-0.15, -0.1) is 0 Å². The highest BCUT2D eigenvalue weighted by Gasteiger charge is 1.91. The Morgan fingerprint density at radius 3 is 2.19 bits per heavy atom. The smallest absolute Gasteiger partial charge is 0.0861 e. The quantitative estimate of drug-likeness (QED) is 0.398. The third kappa shape index (κ3) is 13.3. The number of ether oxygens (including phenoxy) is 1. The van der Waals surface area contributed by atoms with E-state index in [1.807, 2.05) is 0 Å². The molecule has 0 rings (SSSR count). The van der Waals surface area contributed by atoms with E-state index in [1.54, 1.807) is 0 Å². The number of nitrogens with one attached hydrogen (secondary N) is 1. The molecule has 0 atom stereocenters. The van der Waals surface area contributed by atoms with Crippen molar-refractivity contribution in [1.82, 2.24) is 0 Å². The van der Waals surface area contributed by atoms with Gasteiger partial charge in [-0.2, -0.15) is 0 Å². The average Bonchev–Trinajstić information content (AvgIpc) is 2.31. The maximum atomic E-state index is 6.61. The van der Waals surface area contributed by atoms with Crippen LogP contribution < -0.4 is 0 Å². The molecule has 0 saturated carbocycles. The van der Waals surface area contributed by atoms with Gasteiger partial charge in [0.05, 0.1) is 6.01 Å². The Morgan fingerprint density at radius 2 is 1.56 bits per heavy atom. The number of unbranched alkanes of at least 4 members (excludes halogenated alkanes) is 6. The van der Waals surface area contributed by atoms with Crippen LogP contribution in [0.1, 0.15) is 58.3 Å². The van der Waals surface area contributed by atoms with Crippen molar-refractivity contribution >= 4 is 6.01 Å². The Morgan fingerprint density at radius 1 is 0.938 bits per heavy atom. The van der Waals surface area contributed by atoms with Gasteiger partial charge in [-0.1, -0.05) is 39.0 Å². The van der Waals surface area contributed by atoms with E-state index >= 15 is 0 Å². The van der Waals surface area contributed by atoms with Crippen LogP contribution >= 0.6 is 0 Å². The highest BCUT2D eigenvalue weighted by molar-refractivity contribution is 5.35. The van der Waals surface area contributed by atoms with E-state index in [0.717, 1.165) is 32.6 Å². The molecular weight excluding hydrogens is 200 g/mol. The molecule has 0 heterocycles. The number of aliphatic imine (C=N–C) groups is 1. The summed E-state index contributed by atoms with van der Waals surface area (Å²) in [5, 5.41) is 6.61. The second kappa shape index (κ2) is 14.3. The van der Waals surface area contributed by atoms with E-state index < -0.39 is 0 Å². The van der Waals surface area contributed by atoms with Crippen LogP contribution in [0.2, 0.25) is 0 Å². The van der Waals surface area contributed by atoms with Crippen molar-refractivity contribution in [3.8, 4) is 0 Å². The lowest BCUT2D eigenvalue weighted by atomic mass is 10.2. The normalized spacial score (nSPS) is 10.1. The molecule has 0 spiro atoms. The molecule has 0 amide bonds. The minimum atomic E-state index is 0.751. The zero-order chi connectivity index (χ0) is 11.9. The van der Waals surface area contributed by atoms with Crippen LogP contribution in [0.3, 0.4) is 0 Å². The molecule has 0 aliphatic carbocycles. The molecule has 0 fully saturated rings. The molecule has 0 saturated heterocycles. The fourth-order valence-electron chi connectivity index (χ4n) is 1.54. The molecule has 0 unspecified atom stereocenters. The van der Waals surface area contributed by atoms with Crippen molar-refractivity contribution in [2.45, 2.75) is 58.3 Å². The summed E-state index contributed by atoms with van der Waals surface area (Å²) in [6, 6.07) is 2.05. The first-order chi connectivity index (χ1) is 7.91. The molecule has 0 bridgehead atoms. The summed E-state index contributed by atoms with van der Waals surface area (Å²) in [4.78, 5) is 3.73. The molecular formula is C13H26N2O. The molecule has 0 aromatic carbocycles. The fraction of sp³-hybridized carbons (Fsp3) is 0.923. The summed E-state index contributed by atoms with van der Waals surface area (Å²) in [7, 11) is 0. The number of rotatable bonds is 12. The minimum Gasteiger partial charge on any atom is -0.381 e. The maximum Gasteiger partial charge on any atom is 0.0861 e. The van der Waals surface area contributed by atoms with Crippen LogP contribution in [0, 0.1) is 5.41 Å². The van der Waals surface area contributed by atoms with Gasteiger partial charge < -0.3 is 4.74 Å². The summed E-state index contributed by atoms with van der Waals surface area (Å²) in [6.45, 7) is 4.81. The summed E-state index contributed by atoms with van der Waals surface area (Å²) in [5.74, 6) is 0. The Kier molecular flexibility index (Phi) is 13.7. The zero-order valence-corrected chi connectivity index (χ0v) is 10.6. The van der Waals surface area contributed by atoms with E-state index in [-0.39, 0.29) is 0 Å². The summed E-state index contributed by atoms with van der Waals surface area (Å²) < 4.78 is 5.54. The van der Waals surface area contributed by atoms with E-state index in [2.05, 4.69) is 17.9 Å². The first-order valence-corrected chi connectivity index (χ1v) is 6.57. The number of nitrogens with zero attached hydrogens (tertiary/aromatic N) is 1. The third-order valence-corrected chi connectivity index (χ3v) is 2.53. The van der Waals surface area contributed by atoms with Crippen LogP contribution in [-0.2, 0) is 4.74 Å². The monoisotopic (exact) mass is 226 g/mol. The number of hydrogen-bond donors (Lipinski definition) is 1. The molecule has 0 aromatic rings. The van der Waals surface area contributed by atoms with Gasteiger partial charge in [-0.25, -0.2) is 10.4 Å². The van der Waals surface area contributed by atoms with Gasteiger partial charge in [0.2, 0.25) is 0 Å². The molecule has 0 aromatic heterocycles. The highest BCUT2D eigenvalue weighted by Crippen LogP contribution is 2.02. The first kappa shape index (κ1) is 15.3. The lowest BCUT2D eigenvalue weighted by Gasteiger charge is -2.03. The molecule has 0 radical (unpaired) electrons. The first-order valence-electron chi connectivity index (χ1n) is 6.57. The van der Waals surface area contributed by atoms with Crippen molar-refractivity contribution in [3.05, 3.63) is 0 Å². The van der Waals surface area contributed by atoms with Crippen LogP contribution in [0.5, 0.6) is 0 Å². The van der Waals surface area contributed by atoms with Crippen molar-refractivity contribution in [2.24, 2.45) is 4.99 Å². The Hall–Kier alpha value is -0.660. The molecule has 3 heteroatoms. The fourth-order valence-corrected chi connectivity index (χ4v) is 1.54. The third-order valence-electron chi connectivity index (χ3n) is 2.53. The molecule has 94 valence electrons. The Labute approximate surface area is 99.8 Å². The summed E-state index contributed by atoms with van der Waals surface area (Å²) in [5.41, 5.74) is 0. The summed E-state index contributed by atoms with van der Waals surface area (Å²) >= 11 is 0. The van der Waals surface area contributed by atoms with Crippen LogP contribution in [0.4, 0.5) is 0 Å². The van der Waals surface area contributed by atoms with Gasteiger partial charge in [-0.05, 0) is 19.3 Å². The second-order valence-corrected chi connectivity index (χ2v) is 4.08. The van der Waals surface area contributed by atoms with Crippen molar-refractivity contribution in [1.29, 1.82) is 5.41 Å². The van der Waals surface area contributed by atoms with Gasteiger partial charge in [0, 0.05) is 19.8 Å². The lowest BCUT2D eigenvalue weighted by molar-refractivity contribution is 0.126. The van der Waals surface area contributed by atoms with Crippen molar-refractivity contribution in [2.75, 3.05) is 19.8 Å². The van der Waals surface area contributed by atoms with Crippen LogP contribution in [0.15, 0.2) is 4.99 Å². The van der Waals surface area contributed by atoms with Crippen molar-refractivity contribution in [3.63, 3.8) is 0 Å².